The van der Waals surface area contributed by atoms with E-state index in [0.29, 0.717) is 56.1 Å². The number of fused-ring (bicyclic) bond motifs is 2. The summed E-state index contributed by atoms with van der Waals surface area (Å²) in [6, 6.07) is 0. The Morgan fingerprint density at radius 2 is 1.25 bits per heavy atom. The normalized spacial score (nSPS) is 25.2. The molecule has 0 aliphatic carbocycles. The molecule has 0 aromatic heterocycles. The van der Waals surface area contributed by atoms with Crippen molar-refractivity contribution in [2.45, 2.75) is 116 Å². The fourth-order valence-corrected chi connectivity index (χ4v) is 4.81. The van der Waals surface area contributed by atoms with Crippen LogP contribution in [-0.2, 0) is 19.2 Å². The van der Waals surface area contributed by atoms with E-state index in [0.717, 1.165) is 90.0 Å². The van der Waals surface area contributed by atoms with Crippen LogP contribution in [0.2, 0.25) is 0 Å². The first-order valence-corrected chi connectivity index (χ1v) is 13.1. The van der Waals surface area contributed by atoms with Crippen LogP contribution >= 0.6 is 0 Å². The molecule has 5 heteroatoms. The highest BCUT2D eigenvalue weighted by molar-refractivity contribution is 6.36. The maximum Gasteiger partial charge on any atom is 0.289 e. The molecular formula is C27H43NO4. The maximum absolute atomic E-state index is 12.6. The molecule has 0 aromatic carbocycles. The summed E-state index contributed by atoms with van der Waals surface area (Å²) in [5, 5.41) is 0. The average molecular weight is 446 g/mol. The van der Waals surface area contributed by atoms with Crippen molar-refractivity contribution in [2.75, 3.05) is 13.1 Å². The molecule has 0 N–H and O–H groups in total. The second-order valence-electron chi connectivity index (χ2n) is 9.69. The van der Waals surface area contributed by atoms with Gasteiger partial charge in [-0.2, -0.15) is 0 Å². The summed E-state index contributed by atoms with van der Waals surface area (Å²) >= 11 is 0. The molecule has 2 aliphatic heterocycles. The summed E-state index contributed by atoms with van der Waals surface area (Å²) < 4.78 is 0. The highest BCUT2D eigenvalue weighted by atomic mass is 16.2. The Morgan fingerprint density at radius 1 is 0.625 bits per heavy atom. The molecule has 32 heavy (non-hydrogen) atoms. The summed E-state index contributed by atoms with van der Waals surface area (Å²) in [6.07, 6.45) is 19.4. The van der Waals surface area contributed by atoms with Crippen LogP contribution in [0.4, 0.5) is 0 Å². The quantitative estimate of drug-likeness (QED) is 0.352. The average Bonchev–Trinajstić information content (AvgIpc) is 2.79. The van der Waals surface area contributed by atoms with Gasteiger partial charge in [-0.1, -0.05) is 37.8 Å². The molecular weight excluding hydrogens is 402 g/mol. The molecule has 0 spiro atoms. The first kappa shape index (κ1) is 26.5. The summed E-state index contributed by atoms with van der Waals surface area (Å²) in [7, 11) is 0. The lowest BCUT2D eigenvalue weighted by molar-refractivity contribution is -0.146. The second-order valence-corrected chi connectivity index (χ2v) is 9.69. The predicted molar refractivity (Wildman–Crippen MR) is 127 cm³/mol. The van der Waals surface area contributed by atoms with E-state index in [4.69, 9.17) is 0 Å². The van der Waals surface area contributed by atoms with Gasteiger partial charge in [0.05, 0.1) is 0 Å². The minimum absolute atomic E-state index is 0.244. The molecule has 2 heterocycles. The molecule has 180 valence electrons. The fourth-order valence-electron chi connectivity index (χ4n) is 4.81. The molecule has 2 aliphatic rings. The van der Waals surface area contributed by atoms with Crippen molar-refractivity contribution in [1.82, 2.24) is 4.90 Å². The molecule has 2 bridgehead atoms. The smallest absolute Gasteiger partial charge is 0.289 e. The number of carbonyl (C=O) groups is 4. The van der Waals surface area contributed by atoms with Gasteiger partial charge < -0.3 is 4.90 Å². The van der Waals surface area contributed by atoms with Crippen LogP contribution in [0.3, 0.4) is 0 Å². The first-order chi connectivity index (χ1) is 15.6. The SMILES string of the molecule is O=C1CC=CCCCCC2CCCN(C2)C(=O)C(=O)CCCCCCC(=O)CCCCC1. The van der Waals surface area contributed by atoms with Crippen molar-refractivity contribution in [3.8, 4) is 0 Å². The zero-order chi connectivity index (χ0) is 23.0. The molecule has 1 atom stereocenters. The minimum Gasteiger partial charge on any atom is -0.336 e. The van der Waals surface area contributed by atoms with E-state index in [9.17, 15) is 19.2 Å². The Bertz CT molecular complexity index is 640. The lowest BCUT2D eigenvalue weighted by atomic mass is 9.92. The summed E-state index contributed by atoms with van der Waals surface area (Å²) in [5.74, 6) is 0.559. The summed E-state index contributed by atoms with van der Waals surface area (Å²) in [6.45, 7) is 1.43. The highest BCUT2D eigenvalue weighted by Crippen LogP contribution is 2.23. The Balaban J connectivity index is 1.80. The Kier molecular flexibility index (Phi) is 13.2. The number of allylic oxidation sites excluding steroid dienone is 2. The van der Waals surface area contributed by atoms with E-state index in [-0.39, 0.29) is 11.7 Å². The predicted octanol–water partition coefficient (Wildman–Crippen LogP) is 5.74. The van der Waals surface area contributed by atoms with E-state index in [1.807, 2.05) is 6.08 Å². The Labute approximate surface area is 194 Å². The summed E-state index contributed by atoms with van der Waals surface area (Å²) in [5.41, 5.74) is 0. The second kappa shape index (κ2) is 15.9. The topological polar surface area (TPSA) is 71.5 Å². The maximum atomic E-state index is 12.6. The molecule has 1 fully saturated rings. The van der Waals surface area contributed by atoms with Gasteiger partial charge in [-0.25, -0.2) is 0 Å². The van der Waals surface area contributed by atoms with E-state index >= 15 is 0 Å². The Hall–Kier alpha value is -1.78. The zero-order valence-corrected chi connectivity index (χ0v) is 20.0. The fraction of sp³-hybridized carbons (Fsp3) is 0.778. The van der Waals surface area contributed by atoms with Gasteiger partial charge in [-0.15, -0.1) is 0 Å². The number of hydrogen-bond acceptors (Lipinski definition) is 4. The number of amides is 1. The molecule has 5 nitrogen and oxygen atoms in total. The third-order valence-corrected chi connectivity index (χ3v) is 6.81. The number of ketones is 3. The largest absolute Gasteiger partial charge is 0.336 e. The number of rotatable bonds is 0. The number of carbonyl (C=O) groups excluding carboxylic acids is 4. The van der Waals surface area contributed by atoms with E-state index in [1.54, 1.807) is 4.90 Å². The van der Waals surface area contributed by atoms with Crippen molar-refractivity contribution in [3.05, 3.63) is 12.2 Å². The highest BCUT2D eigenvalue weighted by Gasteiger charge is 2.27. The van der Waals surface area contributed by atoms with Crippen molar-refractivity contribution >= 4 is 23.3 Å². The minimum atomic E-state index is -0.289. The van der Waals surface area contributed by atoms with Gasteiger partial charge in [0.1, 0.15) is 11.6 Å². The van der Waals surface area contributed by atoms with Crippen molar-refractivity contribution in [3.63, 3.8) is 0 Å². The lowest BCUT2D eigenvalue weighted by Gasteiger charge is -2.32. The van der Waals surface area contributed by atoms with Crippen LogP contribution < -0.4 is 0 Å². The van der Waals surface area contributed by atoms with Crippen LogP contribution in [0.15, 0.2) is 12.2 Å². The standard InChI is InChI=1S/C27H43NO4/c29-24-16-8-3-1-2-7-14-23-15-13-21-28(22-23)27(32)26(31)20-12-5-4-9-17-25(30)19-11-6-10-18-24/h3,8,23H,1-2,4-7,9-22H2. The molecule has 0 saturated carbocycles. The van der Waals surface area contributed by atoms with Gasteiger partial charge in [-0.3, -0.25) is 19.2 Å². The van der Waals surface area contributed by atoms with Crippen molar-refractivity contribution in [1.29, 1.82) is 0 Å². The van der Waals surface area contributed by atoms with Gasteiger partial charge >= 0.3 is 0 Å². The molecule has 0 radical (unpaired) electrons. The monoisotopic (exact) mass is 445 g/mol. The van der Waals surface area contributed by atoms with Gasteiger partial charge in [0.15, 0.2) is 0 Å². The molecule has 1 saturated heterocycles. The lowest BCUT2D eigenvalue weighted by Crippen LogP contribution is -2.43. The van der Waals surface area contributed by atoms with Gasteiger partial charge in [-0.05, 0) is 63.7 Å². The molecule has 2 rings (SSSR count). The molecule has 0 aromatic rings. The number of piperidine rings is 1. The third-order valence-electron chi connectivity index (χ3n) is 6.81. The van der Waals surface area contributed by atoms with Crippen LogP contribution in [0.5, 0.6) is 0 Å². The van der Waals surface area contributed by atoms with E-state index in [2.05, 4.69) is 6.08 Å². The van der Waals surface area contributed by atoms with Crippen LogP contribution in [0, 0.1) is 5.92 Å². The Morgan fingerprint density at radius 3 is 2.00 bits per heavy atom. The number of hydrogen-bond donors (Lipinski definition) is 0. The number of Topliss-reactive ketones (excluding diaryl/α,β-unsaturated/α-hetero) is 3. The van der Waals surface area contributed by atoms with Gasteiger partial charge in [0.25, 0.3) is 5.91 Å². The molecule has 1 unspecified atom stereocenters. The van der Waals surface area contributed by atoms with Crippen LogP contribution in [-0.4, -0.2) is 41.2 Å². The third kappa shape index (κ3) is 11.2. The number of nitrogens with zero attached hydrogens (tertiary/aromatic N) is 1. The first-order valence-electron chi connectivity index (χ1n) is 13.1. The zero-order valence-electron chi connectivity index (χ0n) is 20.0. The van der Waals surface area contributed by atoms with Crippen LogP contribution in [0.25, 0.3) is 0 Å². The van der Waals surface area contributed by atoms with Crippen LogP contribution in [0.1, 0.15) is 116 Å². The van der Waals surface area contributed by atoms with E-state index < -0.39 is 0 Å². The van der Waals surface area contributed by atoms with Gasteiger partial charge in [0.2, 0.25) is 5.78 Å². The van der Waals surface area contributed by atoms with Crippen molar-refractivity contribution < 1.29 is 19.2 Å². The summed E-state index contributed by atoms with van der Waals surface area (Å²) in [4.78, 5) is 50.7. The van der Waals surface area contributed by atoms with E-state index in [1.165, 1.54) is 0 Å². The van der Waals surface area contributed by atoms with Crippen molar-refractivity contribution in [2.24, 2.45) is 5.92 Å². The van der Waals surface area contributed by atoms with Gasteiger partial charge in [0, 0.05) is 45.2 Å². The molecule has 1 amide bonds.